The maximum Gasteiger partial charge on any atom is 0.306 e. The molecule has 1 unspecified atom stereocenters. The molecule has 0 fully saturated rings. The molecule has 0 heterocycles. The fourth-order valence-electron chi connectivity index (χ4n) is 10.1. The molecule has 0 aliphatic carbocycles. The van der Waals surface area contributed by atoms with Crippen LogP contribution >= 0.6 is 0 Å². The zero-order valence-corrected chi connectivity index (χ0v) is 50.6. The topological polar surface area (TPSA) is 78.9 Å². The summed E-state index contributed by atoms with van der Waals surface area (Å²) in [6.45, 7) is 6.64. The minimum atomic E-state index is -0.775. The van der Waals surface area contributed by atoms with E-state index in [1.54, 1.807) is 0 Å². The molecule has 0 aliphatic heterocycles. The summed E-state index contributed by atoms with van der Waals surface area (Å²) >= 11 is 0. The summed E-state index contributed by atoms with van der Waals surface area (Å²) in [6.07, 6.45) is 79.0. The largest absolute Gasteiger partial charge is 0.462 e. The summed E-state index contributed by atoms with van der Waals surface area (Å²) in [4.78, 5) is 38.2. The van der Waals surface area contributed by atoms with E-state index in [0.717, 1.165) is 77.0 Å². The number of rotatable bonds is 62. The second-order valence-corrected chi connectivity index (χ2v) is 22.7. The van der Waals surface area contributed by atoms with Gasteiger partial charge in [0.25, 0.3) is 0 Å². The molecule has 0 spiro atoms. The van der Waals surface area contributed by atoms with Crippen LogP contribution in [0.25, 0.3) is 0 Å². The predicted octanol–water partition coefficient (Wildman–Crippen LogP) is 22.8. The molecule has 6 heteroatoms. The maximum absolute atomic E-state index is 12.9. The third-order valence-electron chi connectivity index (χ3n) is 15.1. The highest BCUT2D eigenvalue weighted by molar-refractivity contribution is 5.71. The van der Waals surface area contributed by atoms with Gasteiger partial charge in [0.05, 0.1) is 0 Å². The quantitative estimate of drug-likeness (QED) is 0.0261. The van der Waals surface area contributed by atoms with Crippen LogP contribution in [-0.4, -0.2) is 37.2 Å². The molecule has 0 radical (unpaired) electrons. The highest BCUT2D eigenvalue weighted by Crippen LogP contribution is 2.18. The van der Waals surface area contributed by atoms with Gasteiger partial charge >= 0.3 is 17.9 Å². The number of hydrogen-bond donors (Lipinski definition) is 0. The molecule has 0 amide bonds. The highest BCUT2D eigenvalue weighted by atomic mass is 16.6. The number of carbonyl (C=O) groups excluding carboxylic acids is 3. The Labute approximate surface area is 467 Å². The summed E-state index contributed by atoms with van der Waals surface area (Å²) in [5, 5.41) is 0. The Morgan fingerprint density at radius 1 is 0.267 bits per heavy atom. The number of esters is 3. The van der Waals surface area contributed by atoms with Gasteiger partial charge in [-0.25, -0.2) is 0 Å². The molecule has 0 aromatic heterocycles. The molecule has 6 nitrogen and oxygen atoms in total. The van der Waals surface area contributed by atoms with Gasteiger partial charge in [-0.15, -0.1) is 0 Å². The zero-order valence-electron chi connectivity index (χ0n) is 50.6. The first-order valence-electron chi connectivity index (χ1n) is 33.5. The molecule has 0 aromatic rings. The van der Waals surface area contributed by atoms with Crippen molar-refractivity contribution in [2.45, 2.75) is 374 Å². The second kappa shape index (κ2) is 64.2. The van der Waals surface area contributed by atoms with Crippen LogP contribution < -0.4 is 0 Å². The van der Waals surface area contributed by atoms with Crippen molar-refractivity contribution in [3.8, 4) is 0 Å². The third kappa shape index (κ3) is 62.4. The second-order valence-electron chi connectivity index (χ2n) is 22.7. The van der Waals surface area contributed by atoms with Gasteiger partial charge in [-0.3, -0.25) is 14.4 Å². The van der Waals surface area contributed by atoms with Gasteiger partial charge in [0.2, 0.25) is 0 Å². The Bertz CT molecular complexity index is 1250. The van der Waals surface area contributed by atoms with Crippen LogP contribution in [-0.2, 0) is 28.6 Å². The van der Waals surface area contributed by atoms with Crippen LogP contribution in [0.4, 0.5) is 0 Å². The number of allylic oxidation sites excluding steroid dienone is 6. The number of carbonyl (C=O) groups is 3. The van der Waals surface area contributed by atoms with E-state index < -0.39 is 6.10 Å². The van der Waals surface area contributed by atoms with Gasteiger partial charge in [0, 0.05) is 19.3 Å². The van der Waals surface area contributed by atoms with Crippen LogP contribution in [0.15, 0.2) is 36.5 Å². The van der Waals surface area contributed by atoms with E-state index in [9.17, 15) is 14.4 Å². The number of hydrogen-bond acceptors (Lipinski definition) is 6. The monoisotopic (exact) mass is 1050 g/mol. The summed E-state index contributed by atoms with van der Waals surface area (Å²) < 4.78 is 16.9. The lowest BCUT2D eigenvalue weighted by atomic mass is 10.0. The van der Waals surface area contributed by atoms with Crippen LogP contribution in [0.3, 0.4) is 0 Å². The van der Waals surface area contributed by atoms with Crippen molar-refractivity contribution < 1.29 is 28.6 Å². The zero-order chi connectivity index (χ0) is 54.3. The van der Waals surface area contributed by atoms with Crippen molar-refractivity contribution in [2.24, 2.45) is 0 Å². The lowest BCUT2D eigenvalue weighted by molar-refractivity contribution is -0.167. The molecular weight excluding hydrogens is 925 g/mol. The fraction of sp³-hybridized carbons (Fsp3) is 0.870. The van der Waals surface area contributed by atoms with E-state index in [1.165, 1.54) is 250 Å². The highest BCUT2D eigenvalue weighted by Gasteiger charge is 2.19. The summed E-state index contributed by atoms with van der Waals surface area (Å²) in [5.41, 5.74) is 0. The molecule has 0 aromatic carbocycles. The van der Waals surface area contributed by atoms with E-state index >= 15 is 0 Å². The van der Waals surface area contributed by atoms with Crippen molar-refractivity contribution in [2.75, 3.05) is 13.2 Å². The van der Waals surface area contributed by atoms with Crippen molar-refractivity contribution in [3.63, 3.8) is 0 Å². The van der Waals surface area contributed by atoms with E-state index in [-0.39, 0.29) is 31.1 Å². The minimum absolute atomic E-state index is 0.0727. The first kappa shape index (κ1) is 72.6. The number of unbranched alkanes of at least 4 members (excludes halogenated alkanes) is 45. The Morgan fingerprint density at radius 3 is 0.773 bits per heavy atom. The summed E-state index contributed by atoms with van der Waals surface area (Å²) in [7, 11) is 0. The van der Waals surface area contributed by atoms with Gasteiger partial charge in [-0.1, -0.05) is 327 Å². The first-order chi connectivity index (χ1) is 37.0. The van der Waals surface area contributed by atoms with E-state index in [4.69, 9.17) is 14.2 Å². The summed E-state index contributed by atoms with van der Waals surface area (Å²) in [5.74, 6) is -0.866. The Hall–Kier alpha value is -2.37. The molecule has 0 N–H and O–H groups in total. The van der Waals surface area contributed by atoms with Gasteiger partial charge in [-0.05, 0) is 57.8 Å². The number of ether oxygens (including phenoxy) is 3. The Morgan fingerprint density at radius 2 is 0.480 bits per heavy atom. The average molecular weight is 1050 g/mol. The van der Waals surface area contributed by atoms with Crippen molar-refractivity contribution in [3.05, 3.63) is 36.5 Å². The molecule has 0 saturated carbocycles. The Kier molecular flexibility index (Phi) is 62.1. The molecule has 75 heavy (non-hydrogen) atoms. The lowest BCUT2D eigenvalue weighted by Gasteiger charge is -2.18. The van der Waals surface area contributed by atoms with E-state index in [0.29, 0.717) is 19.3 Å². The smallest absolute Gasteiger partial charge is 0.306 e. The minimum Gasteiger partial charge on any atom is -0.462 e. The molecule has 0 rings (SSSR count). The van der Waals surface area contributed by atoms with Gasteiger partial charge in [0.15, 0.2) is 6.10 Å². The van der Waals surface area contributed by atoms with Crippen LogP contribution in [0.5, 0.6) is 0 Å². The van der Waals surface area contributed by atoms with Crippen LogP contribution in [0.1, 0.15) is 367 Å². The molecule has 0 saturated heterocycles. The molecule has 1 atom stereocenters. The van der Waals surface area contributed by atoms with E-state index in [2.05, 4.69) is 57.2 Å². The normalized spacial score (nSPS) is 12.2. The van der Waals surface area contributed by atoms with Gasteiger partial charge in [0.1, 0.15) is 13.2 Å². The standard InChI is InChI=1S/C69H128O6/c1-4-7-10-13-16-19-21-23-25-27-29-30-31-32-33-34-35-36-37-38-40-41-43-45-47-50-53-56-59-62-68(71)74-65-66(64-73-67(70)61-58-55-52-49-18-15-12-9-6-3)75-69(72)63-60-57-54-51-48-46-44-42-39-28-26-24-22-20-17-14-11-8-5-2/h17,20,24,26,39,42,66H,4-16,18-19,21-23,25,27-38,40-41,43-65H2,1-3H3/b20-17-,26-24-,42-39-. The SMILES string of the molecule is CCCCC/C=C\C/C=C\C/C=C\CCCCCCCCC(=O)OC(COC(=O)CCCCCCCCCCC)COC(=O)CCCCCCCCCCCCCCCCCCCCCCCCCCCCCCC. The predicted molar refractivity (Wildman–Crippen MR) is 326 cm³/mol. The molecule has 0 bridgehead atoms. The lowest BCUT2D eigenvalue weighted by Crippen LogP contribution is -2.30. The Balaban J connectivity index is 4.10. The van der Waals surface area contributed by atoms with Gasteiger partial charge in [-0.2, -0.15) is 0 Å². The molecule has 440 valence electrons. The fourth-order valence-corrected chi connectivity index (χ4v) is 10.1. The molecular formula is C69H128O6. The van der Waals surface area contributed by atoms with Crippen LogP contribution in [0, 0.1) is 0 Å². The van der Waals surface area contributed by atoms with E-state index in [1.807, 2.05) is 0 Å². The van der Waals surface area contributed by atoms with Gasteiger partial charge < -0.3 is 14.2 Å². The van der Waals surface area contributed by atoms with Crippen molar-refractivity contribution in [1.29, 1.82) is 0 Å². The summed E-state index contributed by atoms with van der Waals surface area (Å²) in [6, 6.07) is 0. The van der Waals surface area contributed by atoms with Crippen molar-refractivity contribution >= 4 is 17.9 Å². The average Bonchev–Trinajstić information content (AvgIpc) is 3.41. The molecule has 0 aliphatic rings. The maximum atomic E-state index is 12.9. The van der Waals surface area contributed by atoms with Crippen molar-refractivity contribution in [1.82, 2.24) is 0 Å². The van der Waals surface area contributed by atoms with Crippen LogP contribution in [0.2, 0.25) is 0 Å². The first-order valence-corrected chi connectivity index (χ1v) is 33.5. The third-order valence-corrected chi connectivity index (χ3v) is 15.1.